The SMILES string of the molecule is O=C1CCC2(CCc3ccc(F)cc32)O1. The molecule has 1 aliphatic heterocycles. The number of carbonyl (C=O) groups excluding carboxylic acids is 1. The van der Waals surface area contributed by atoms with Crippen molar-refractivity contribution in [3.8, 4) is 0 Å². The smallest absolute Gasteiger partial charge is 0.306 e. The van der Waals surface area contributed by atoms with E-state index in [1.165, 1.54) is 12.1 Å². The minimum atomic E-state index is -0.505. The fraction of sp³-hybridized carbons (Fsp3) is 0.417. The second-order valence-electron chi connectivity index (χ2n) is 4.27. The Balaban J connectivity index is 2.10. The van der Waals surface area contributed by atoms with Crippen LogP contribution in [0.2, 0.25) is 0 Å². The molecular formula is C12H11FO2. The number of benzene rings is 1. The summed E-state index contributed by atoms with van der Waals surface area (Å²) in [5.41, 5.74) is 1.49. The van der Waals surface area contributed by atoms with Gasteiger partial charge in [0.15, 0.2) is 0 Å². The van der Waals surface area contributed by atoms with Crippen molar-refractivity contribution in [2.24, 2.45) is 0 Å². The van der Waals surface area contributed by atoms with Crippen molar-refractivity contribution in [2.45, 2.75) is 31.3 Å². The Morgan fingerprint density at radius 1 is 1.27 bits per heavy atom. The molecule has 2 aliphatic rings. The highest BCUT2D eigenvalue weighted by Crippen LogP contribution is 2.47. The van der Waals surface area contributed by atoms with Gasteiger partial charge >= 0.3 is 5.97 Å². The Hall–Kier alpha value is -1.38. The number of hydrogen-bond acceptors (Lipinski definition) is 2. The Morgan fingerprint density at radius 2 is 2.07 bits per heavy atom. The second kappa shape index (κ2) is 2.81. The summed E-state index contributed by atoms with van der Waals surface area (Å²) in [5, 5.41) is 0. The average Bonchev–Trinajstić information content (AvgIpc) is 2.74. The van der Waals surface area contributed by atoms with Gasteiger partial charge in [0, 0.05) is 18.4 Å². The van der Waals surface area contributed by atoms with E-state index in [1.54, 1.807) is 6.07 Å². The summed E-state index contributed by atoms with van der Waals surface area (Å²) in [6.45, 7) is 0. The summed E-state index contributed by atoms with van der Waals surface area (Å²) in [5.74, 6) is -0.412. The average molecular weight is 206 g/mol. The number of ether oxygens (including phenoxy) is 1. The Labute approximate surface area is 87.0 Å². The lowest BCUT2D eigenvalue weighted by Crippen LogP contribution is -2.22. The first-order chi connectivity index (χ1) is 7.20. The van der Waals surface area contributed by atoms with Crippen molar-refractivity contribution in [3.63, 3.8) is 0 Å². The molecule has 0 N–H and O–H groups in total. The first-order valence-electron chi connectivity index (χ1n) is 5.20. The number of hydrogen-bond donors (Lipinski definition) is 0. The molecule has 0 aromatic heterocycles. The maximum atomic E-state index is 13.2. The van der Waals surface area contributed by atoms with Crippen molar-refractivity contribution >= 4 is 5.97 Å². The highest BCUT2D eigenvalue weighted by molar-refractivity contribution is 5.73. The Bertz CT molecular complexity index is 441. The van der Waals surface area contributed by atoms with Gasteiger partial charge in [0.2, 0.25) is 0 Å². The first-order valence-corrected chi connectivity index (χ1v) is 5.20. The molecule has 3 rings (SSSR count). The number of halogens is 1. The monoisotopic (exact) mass is 206 g/mol. The van der Waals surface area contributed by atoms with Gasteiger partial charge in [0.1, 0.15) is 11.4 Å². The number of rotatable bonds is 0. The van der Waals surface area contributed by atoms with E-state index in [-0.39, 0.29) is 11.8 Å². The Kier molecular flexibility index (Phi) is 1.67. The van der Waals surface area contributed by atoms with E-state index in [1.807, 2.05) is 0 Å². The molecule has 3 heteroatoms. The van der Waals surface area contributed by atoms with Crippen LogP contribution in [0.5, 0.6) is 0 Å². The normalized spacial score (nSPS) is 28.2. The van der Waals surface area contributed by atoms with E-state index in [2.05, 4.69) is 0 Å². The third-order valence-corrected chi connectivity index (χ3v) is 3.40. The van der Waals surface area contributed by atoms with Crippen LogP contribution in [0.25, 0.3) is 0 Å². The number of carbonyl (C=O) groups is 1. The number of aryl methyl sites for hydroxylation is 1. The zero-order valence-corrected chi connectivity index (χ0v) is 8.25. The molecule has 1 fully saturated rings. The molecule has 0 bridgehead atoms. The first kappa shape index (κ1) is 8.89. The van der Waals surface area contributed by atoms with E-state index in [0.29, 0.717) is 12.8 Å². The van der Waals surface area contributed by atoms with E-state index in [4.69, 9.17) is 4.74 Å². The lowest BCUT2D eigenvalue weighted by molar-refractivity contribution is -0.149. The molecule has 0 amide bonds. The van der Waals surface area contributed by atoms with Crippen molar-refractivity contribution in [2.75, 3.05) is 0 Å². The highest BCUT2D eigenvalue weighted by atomic mass is 19.1. The zero-order valence-electron chi connectivity index (χ0n) is 8.25. The lowest BCUT2D eigenvalue weighted by Gasteiger charge is -2.22. The van der Waals surface area contributed by atoms with Gasteiger partial charge in [-0.05, 0) is 30.5 Å². The second-order valence-corrected chi connectivity index (χ2v) is 4.27. The standard InChI is InChI=1S/C12H11FO2/c13-9-2-1-8-3-5-12(10(8)7-9)6-4-11(14)15-12/h1-2,7H,3-6H2. The predicted molar refractivity (Wildman–Crippen MR) is 51.7 cm³/mol. The summed E-state index contributed by atoms with van der Waals surface area (Å²) in [6.07, 6.45) is 2.83. The fourth-order valence-electron chi connectivity index (χ4n) is 2.65. The van der Waals surface area contributed by atoms with Crippen LogP contribution >= 0.6 is 0 Å². The van der Waals surface area contributed by atoms with E-state index in [0.717, 1.165) is 24.0 Å². The van der Waals surface area contributed by atoms with Crippen LogP contribution in [0.15, 0.2) is 18.2 Å². The molecule has 2 nitrogen and oxygen atoms in total. The van der Waals surface area contributed by atoms with Gasteiger partial charge in [-0.25, -0.2) is 4.39 Å². The van der Waals surface area contributed by atoms with Gasteiger partial charge in [0.25, 0.3) is 0 Å². The van der Waals surface area contributed by atoms with Crippen LogP contribution in [-0.4, -0.2) is 5.97 Å². The molecule has 1 aliphatic carbocycles. The third-order valence-electron chi connectivity index (χ3n) is 3.40. The van der Waals surface area contributed by atoms with Crippen molar-refractivity contribution in [3.05, 3.63) is 35.1 Å². The molecule has 1 aromatic rings. The largest absolute Gasteiger partial charge is 0.454 e. The molecule has 15 heavy (non-hydrogen) atoms. The van der Waals surface area contributed by atoms with Gasteiger partial charge in [0.05, 0.1) is 0 Å². The quantitative estimate of drug-likeness (QED) is 0.609. The lowest BCUT2D eigenvalue weighted by atomic mass is 9.93. The Morgan fingerprint density at radius 3 is 2.80 bits per heavy atom. The van der Waals surface area contributed by atoms with Gasteiger partial charge in [-0.1, -0.05) is 6.07 Å². The van der Waals surface area contributed by atoms with Crippen molar-refractivity contribution in [1.82, 2.24) is 0 Å². The van der Waals surface area contributed by atoms with Crippen LogP contribution in [-0.2, 0) is 21.6 Å². The maximum absolute atomic E-state index is 13.2. The van der Waals surface area contributed by atoms with Gasteiger partial charge in [-0.2, -0.15) is 0 Å². The predicted octanol–water partition coefficient (Wildman–Crippen LogP) is 2.30. The summed E-state index contributed by atoms with van der Waals surface area (Å²) >= 11 is 0. The van der Waals surface area contributed by atoms with Crippen LogP contribution in [0.3, 0.4) is 0 Å². The molecular weight excluding hydrogens is 195 g/mol. The molecule has 1 unspecified atom stereocenters. The minimum absolute atomic E-state index is 0.160. The van der Waals surface area contributed by atoms with Crippen molar-refractivity contribution < 1.29 is 13.9 Å². The van der Waals surface area contributed by atoms with Crippen LogP contribution < -0.4 is 0 Å². The summed E-state index contributed by atoms with van der Waals surface area (Å²) in [7, 11) is 0. The van der Waals surface area contributed by atoms with Crippen LogP contribution in [0.4, 0.5) is 4.39 Å². The third kappa shape index (κ3) is 1.19. The van der Waals surface area contributed by atoms with Crippen LogP contribution in [0.1, 0.15) is 30.4 Å². The van der Waals surface area contributed by atoms with E-state index >= 15 is 0 Å². The molecule has 0 saturated carbocycles. The number of esters is 1. The fourth-order valence-corrected chi connectivity index (χ4v) is 2.65. The molecule has 1 heterocycles. The highest BCUT2D eigenvalue weighted by Gasteiger charge is 2.46. The van der Waals surface area contributed by atoms with Crippen LogP contribution in [0, 0.1) is 5.82 Å². The van der Waals surface area contributed by atoms with E-state index < -0.39 is 5.60 Å². The molecule has 1 aromatic carbocycles. The molecule has 1 atom stereocenters. The number of fused-ring (bicyclic) bond motifs is 2. The summed E-state index contributed by atoms with van der Waals surface area (Å²) in [4.78, 5) is 11.2. The topological polar surface area (TPSA) is 26.3 Å². The molecule has 1 saturated heterocycles. The van der Waals surface area contributed by atoms with Gasteiger partial charge < -0.3 is 4.74 Å². The summed E-state index contributed by atoms with van der Waals surface area (Å²) < 4.78 is 18.5. The maximum Gasteiger partial charge on any atom is 0.306 e. The summed E-state index contributed by atoms with van der Waals surface area (Å²) in [6, 6.07) is 4.78. The molecule has 1 spiro atoms. The van der Waals surface area contributed by atoms with Crippen molar-refractivity contribution in [1.29, 1.82) is 0 Å². The minimum Gasteiger partial charge on any atom is -0.454 e. The molecule has 0 radical (unpaired) electrons. The van der Waals surface area contributed by atoms with Gasteiger partial charge in [-0.15, -0.1) is 0 Å². The van der Waals surface area contributed by atoms with E-state index in [9.17, 15) is 9.18 Å². The zero-order chi connectivity index (χ0) is 10.5. The van der Waals surface area contributed by atoms with Gasteiger partial charge in [-0.3, -0.25) is 4.79 Å². The molecule has 78 valence electrons.